The summed E-state index contributed by atoms with van der Waals surface area (Å²) in [6.07, 6.45) is 0.648. The van der Waals surface area contributed by atoms with Gasteiger partial charge in [-0.15, -0.1) is 11.3 Å². The average Bonchev–Trinajstić information content (AvgIpc) is 2.83. The Hall–Kier alpha value is -1.66. The number of ketones is 1. The third kappa shape index (κ3) is 3.68. The molecule has 1 heterocycles. The third-order valence-electron chi connectivity index (χ3n) is 2.78. The lowest BCUT2D eigenvalue weighted by Gasteiger charge is -2.04. The molecular formula is C14H13F2NO2S. The molecule has 0 aliphatic carbocycles. The van der Waals surface area contributed by atoms with Crippen LogP contribution in [0.1, 0.15) is 20.9 Å². The highest BCUT2D eigenvalue weighted by Gasteiger charge is 2.13. The van der Waals surface area contributed by atoms with Gasteiger partial charge in [0.25, 0.3) is 0 Å². The summed E-state index contributed by atoms with van der Waals surface area (Å²) >= 11 is 1.52. The number of hydrogen-bond acceptors (Lipinski definition) is 4. The van der Waals surface area contributed by atoms with Gasteiger partial charge < -0.3 is 4.74 Å². The molecule has 0 bridgehead atoms. The van der Waals surface area contributed by atoms with E-state index < -0.39 is 17.4 Å². The molecule has 6 heteroatoms. The summed E-state index contributed by atoms with van der Waals surface area (Å²) in [5.74, 6) is -1.95. The van der Waals surface area contributed by atoms with Gasteiger partial charge in [-0.25, -0.2) is 13.8 Å². The Morgan fingerprint density at radius 3 is 2.90 bits per heavy atom. The number of rotatable bonds is 6. The highest BCUT2D eigenvalue weighted by molar-refractivity contribution is 7.09. The molecule has 0 N–H and O–H groups in total. The van der Waals surface area contributed by atoms with Crippen LogP contribution in [0.5, 0.6) is 0 Å². The zero-order chi connectivity index (χ0) is 14.5. The first-order valence-electron chi connectivity index (χ1n) is 6.03. The maximum atomic E-state index is 13.4. The Bertz CT molecular complexity index is 613. The summed E-state index contributed by atoms with van der Waals surface area (Å²) in [7, 11) is 0. The predicted octanol–water partition coefficient (Wildman–Crippen LogP) is 3.17. The van der Waals surface area contributed by atoms with E-state index in [0.29, 0.717) is 13.0 Å². The van der Waals surface area contributed by atoms with E-state index in [4.69, 9.17) is 4.74 Å². The van der Waals surface area contributed by atoms with Gasteiger partial charge in [0.1, 0.15) is 18.2 Å². The molecule has 0 aliphatic rings. The highest BCUT2D eigenvalue weighted by Crippen LogP contribution is 2.13. The van der Waals surface area contributed by atoms with Gasteiger partial charge in [-0.05, 0) is 25.1 Å². The summed E-state index contributed by atoms with van der Waals surface area (Å²) in [4.78, 5) is 16.9. The molecule has 0 atom stereocenters. The fraction of sp³-hybridized carbons (Fsp3) is 0.286. The van der Waals surface area contributed by atoms with Gasteiger partial charge in [0.05, 0.1) is 23.4 Å². The van der Waals surface area contributed by atoms with Crippen molar-refractivity contribution in [1.29, 1.82) is 0 Å². The van der Waals surface area contributed by atoms with Crippen molar-refractivity contribution in [3.8, 4) is 0 Å². The maximum absolute atomic E-state index is 13.4. The molecule has 0 saturated heterocycles. The van der Waals surface area contributed by atoms with Crippen molar-refractivity contribution in [1.82, 2.24) is 4.98 Å². The van der Waals surface area contributed by atoms with Gasteiger partial charge in [-0.3, -0.25) is 4.79 Å². The molecule has 0 fully saturated rings. The molecule has 2 aromatic rings. The number of hydrogen-bond donors (Lipinski definition) is 0. The largest absolute Gasteiger partial charge is 0.373 e. The van der Waals surface area contributed by atoms with Crippen LogP contribution in [0.25, 0.3) is 0 Å². The second-order valence-electron chi connectivity index (χ2n) is 4.21. The molecular weight excluding hydrogens is 284 g/mol. The number of carbonyl (C=O) groups is 1. The number of aryl methyl sites for hydroxylation is 1. The molecule has 0 radical (unpaired) electrons. The Labute approximate surface area is 119 Å². The first-order valence-corrected chi connectivity index (χ1v) is 6.91. The van der Waals surface area contributed by atoms with E-state index in [2.05, 4.69) is 4.98 Å². The number of Topliss-reactive ketones (excluding diaryl/α,β-unsaturated/α-hetero) is 1. The van der Waals surface area contributed by atoms with Crippen LogP contribution in [0.4, 0.5) is 8.78 Å². The zero-order valence-corrected chi connectivity index (χ0v) is 11.7. The Balaban J connectivity index is 1.83. The molecule has 0 aliphatic heterocycles. The maximum Gasteiger partial charge on any atom is 0.191 e. The van der Waals surface area contributed by atoms with Gasteiger partial charge in [0.2, 0.25) is 0 Å². The number of carbonyl (C=O) groups excluding carboxylic acids is 1. The van der Waals surface area contributed by atoms with E-state index in [9.17, 15) is 13.6 Å². The number of halogens is 2. The average molecular weight is 297 g/mol. The SMILES string of the molecule is Cc1ncsc1CCOCC(=O)c1cc(F)ccc1F. The second kappa shape index (κ2) is 6.67. The van der Waals surface area contributed by atoms with E-state index in [1.807, 2.05) is 6.92 Å². The van der Waals surface area contributed by atoms with Crippen LogP contribution in [-0.2, 0) is 11.2 Å². The minimum absolute atomic E-state index is 0.266. The molecule has 1 aromatic heterocycles. The molecule has 1 aromatic carbocycles. The quantitative estimate of drug-likeness (QED) is 0.607. The van der Waals surface area contributed by atoms with E-state index in [-0.39, 0.29) is 12.2 Å². The molecule has 3 nitrogen and oxygen atoms in total. The number of benzene rings is 1. The molecule has 0 saturated carbocycles. The fourth-order valence-corrected chi connectivity index (χ4v) is 2.45. The van der Waals surface area contributed by atoms with Gasteiger partial charge in [-0.1, -0.05) is 0 Å². The smallest absolute Gasteiger partial charge is 0.191 e. The summed E-state index contributed by atoms with van der Waals surface area (Å²) in [5, 5.41) is 0. The van der Waals surface area contributed by atoms with Gasteiger partial charge in [0.15, 0.2) is 5.78 Å². The monoisotopic (exact) mass is 297 g/mol. The Kier molecular flexibility index (Phi) is 4.92. The van der Waals surface area contributed by atoms with Crippen LogP contribution in [-0.4, -0.2) is 24.0 Å². The number of nitrogens with zero attached hydrogens (tertiary/aromatic N) is 1. The summed E-state index contributed by atoms with van der Waals surface area (Å²) in [6.45, 7) is 1.98. The van der Waals surface area contributed by atoms with Crippen LogP contribution in [0.15, 0.2) is 23.7 Å². The summed E-state index contributed by atoms with van der Waals surface area (Å²) < 4.78 is 31.5. The second-order valence-corrected chi connectivity index (χ2v) is 5.15. The molecule has 106 valence electrons. The predicted molar refractivity (Wildman–Crippen MR) is 72.1 cm³/mol. The van der Waals surface area contributed by atoms with Crippen molar-refractivity contribution in [2.75, 3.05) is 13.2 Å². The van der Waals surface area contributed by atoms with E-state index in [0.717, 1.165) is 28.8 Å². The molecule has 2 rings (SSSR count). The lowest BCUT2D eigenvalue weighted by molar-refractivity contribution is 0.0761. The highest BCUT2D eigenvalue weighted by atomic mass is 32.1. The summed E-state index contributed by atoms with van der Waals surface area (Å²) in [5.41, 5.74) is 2.41. The molecule has 0 amide bonds. The fourth-order valence-electron chi connectivity index (χ4n) is 1.68. The first kappa shape index (κ1) is 14.7. The van der Waals surface area contributed by atoms with Crippen molar-refractivity contribution in [2.24, 2.45) is 0 Å². The van der Waals surface area contributed by atoms with Gasteiger partial charge in [-0.2, -0.15) is 0 Å². The first-order chi connectivity index (χ1) is 9.58. The van der Waals surface area contributed by atoms with Crippen LogP contribution in [0.3, 0.4) is 0 Å². The molecule has 20 heavy (non-hydrogen) atoms. The minimum atomic E-state index is -0.738. The van der Waals surface area contributed by atoms with Gasteiger partial charge in [0, 0.05) is 11.3 Å². The van der Waals surface area contributed by atoms with Crippen molar-refractivity contribution in [3.05, 3.63) is 51.5 Å². The lowest BCUT2D eigenvalue weighted by Crippen LogP contribution is -2.12. The van der Waals surface area contributed by atoms with Crippen molar-refractivity contribution in [3.63, 3.8) is 0 Å². The van der Waals surface area contributed by atoms with Crippen molar-refractivity contribution < 1.29 is 18.3 Å². The van der Waals surface area contributed by atoms with Gasteiger partial charge >= 0.3 is 0 Å². The van der Waals surface area contributed by atoms with Crippen LogP contribution in [0, 0.1) is 18.6 Å². The van der Waals surface area contributed by atoms with E-state index in [1.165, 1.54) is 11.3 Å². The molecule has 0 spiro atoms. The van der Waals surface area contributed by atoms with Crippen molar-refractivity contribution >= 4 is 17.1 Å². The molecule has 0 unspecified atom stereocenters. The van der Waals surface area contributed by atoms with E-state index in [1.54, 1.807) is 5.51 Å². The standard InChI is InChI=1S/C14H13F2NO2S/c1-9-14(20-8-17-9)4-5-19-7-13(18)11-6-10(15)2-3-12(11)16/h2-3,6,8H,4-5,7H2,1H3. The van der Waals surface area contributed by atoms with Crippen LogP contribution in [0.2, 0.25) is 0 Å². The Morgan fingerprint density at radius 1 is 1.40 bits per heavy atom. The Morgan fingerprint density at radius 2 is 2.20 bits per heavy atom. The number of ether oxygens (including phenoxy) is 1. The number of aromatic nitrogens is 1. The third-order valence-corrected chi connectivity index (χ3v) is 3.78. The van der Waals surface area contributed by atoms with Crippen LogP contribution < -0.4 is 0 Å². The summed E-state index contributed by atoms with van der Waals surface area (Å²) in [6, 6.07) is 2.79. The zero-order valence-electron chi connectivity index (χ0n) is 10.9. The normalized spacial score (nSPS) is 10.8. The van der Waals surface area contributed by atoms with Crippen molar-refractivity contribution in [2.45, 2.75) is 13.3 Å². The minimum Gasteiger partial charge on any atom is -0.373 e. The van der Waals surface area contributed by atoms with E-state index >= 15 is 0 Å². The topological polar surface area (TPSA) is 39.2 Å². The number of thiazole rings is 1. The van der Waals surface area contributed by atoms with Crippen LogP contribution >= 0.6 is 11.3 Å². The lowest BCUT2D eigenvalue weighted by atomic mass is 10.1.